The topological polar surface area (TPSA) is 93.1 Å². The Morgan fingerprint density at radius 3 is 2.32 bits per heavy atom. The Labute approximate surface area is 243 Å². The fraction of sp³-hybridized carbons (Fsp3) is 0.938. The monoisotopic (exact) mass is 588 g/mol. The third-order valence-electron chi connectivity index (χ3n) is 11.9. The summed E-state index contributed by atoms with van der Waals surface area (Å²) in [5.74, 6) is -2.17. The Kier molecular flexibility index (Phi) is 10.1. The number of alkyl halides is 3. The molecule has 0 spiro atoms. The molecule has 0 bridgehead atoms. The van der Waals surface area contributed by atoms with E-state index in [9.17, 15) is 33.0 Å². The number of ether oxygens (including phenoxy) is 2. The van der Waals surface area contributed by atoms with Crippen molar-refractivity contribution in [2.45, 2.75) is 129 Å². The predicted octanol–water partition coefficient (Wildman–Crippen LogP) is 6.25. The minimum absolute atomic E-state index is 0.0201. The Morgan fingerprint density at radius 1 is 0.951 bits per heavy atom. The number of halogens is 3. The molecule has 0 aromatic carbocycles. The molecule has 4 saturated carbocycles. The third kappa shape index (κ3) is 6.91. The van der Waals surface area contributed by atoms with Crippen LogP contribution in [0.4, 0.5) is 13.2 Å². The molecular weight excluding hydrogens is 537 g/mol. The largest absolute Gasteiger partial charge is 0.466 e. The first-order chi connectivity index (χ1) is 19.2. The molecule has 6 nitrogen and oxygen atoms in total. The number of esters is 2. The lowest BCUT2D eigenvalue weighted by Crippen LogP contribution is -2.58. The van der Waals surface area contributed by atoms with Gasteiger partial charge in [-0.15, -0.1) is 0 Å². The van der Waals surface area contributed by atoms with Crippen molar-refractivity contribution in [2.24, 2.45) is 46.3 Å². The summed E-state index contributed by atoms with van der Waals surface area (Å²) in [6, 6.07) is 0. The molecule has 11 atom stereocenters. The van der Waals surface area contributed by atoms with Crippen molar-refractivity contribution < 1.29 is 42.4 Å². The van der Waals surface area contributed by atoms with Gasteiger partial charge in [-0.2, -0.15) is 0 Å². The standard InChI is InChI=1S/C32H51F3O6/c1-19(7-10-28(39)40-15-5-6-27(38)41-18-26(33)32(4,34)35)22-8-9-23-29-24(12-14-31(22,23)3)30(2)13-11-21(36)16-20(30)17-25(29)37/h19-26,29,36-37H,5-18H2,1-4H3/t19-,20+,21-,22-,23+,24+,25-,26?,29+,30+,31-/m1/s1. The highest BCUT2D eigenvalue weighted by molar-refractivity contribution is 5.70. The van der Waals surface area contributed by atoms with E-state index >= 15 is 0 Å². The smallest absolute Gasteiger partial charge is 0.306 e. The number of carbonyl (C=O) groups excluding carboxylic acids is 2. The molecule has 2 N–H and O–H groups in total. The summed E-state index contributed by atoms with van der Waals surface area (Å²) < 4.78 is 48.7. The number of fused-ring (bicyclic) bond motifs is 5. The molecule has 41 heavy (non-hydrogen) atoms. The lowest BCUT2D eigenvalue weighted by molar-refractivity contribution is -0.174. The maximum absolute atomic E-state index is 13.2. The van der Waals surface area contributed by atoms with Crippen molar-refractivity contribution in [3.8, 4) is 0 Å². The van der Waals surface area contributed by atoms with Crippen LogP contribution in [0.1, 0.15) is 105 Å². The zero-order chi connectivity index (χ0) is 30.2. The van der Waals surface area contributed by atoms with E-state index in [-0.39, 0.29) is 54.9 Å². The summed E-state index contributed by atoms with van der Waals surface area (Å²) in [5, 5.41) is 21.7. The van der Waals surface area contributed by atoms with E-state index in [0.29, 0.717) is 48.9 Å². The molecular formula is C32H51F3O6. The summed E-state index contributed by atoms with van der Waals surface area (Å²) >= 11 is 0. The van der Waals surface area contributed by atoms with E-state index in [4.69, 9.17) is 4.74 Å². The van der Waals surface area contributed by atoms with E-state index in [2.05, 4.69) is 25.5 Å². The lowest BCUT2D eigenvalue weighted by atomic mass is 9.43. The van der Waals surface area contributed by atoms with Gasteiger partial charge in [-0.05, 0) is 111 Å². The van der Waals surface area contributed by atoms with Crippen molar-refractivity contribution in [2.75, 3.05) is 13.2 Å². The Morgan fingerprint density at radius 2 is 1.61 bits per heavy atom. The number of aliphatic hydroxyl groups excluding tert-OH is 2. The van der Waals surface area contributed by atoms with E-state index in [1.54, 1.807) is 0 Å². The van der Waals surface area contributed by atoms with Gasteiger partial charge in [-0.3, -0.25) is 9.59 Å². The Hall–Kier alpha value is -1.35. The first-order valence-electron chi connectivity index (χ1n) is 15.9. The van der Waals surface area contributed by atoms with Gasteiger partial charge in [0.25, 0.3) is 5.92 Å². The molecule has 0 aromatic rings. The quantitative estimate of drug-likeness (QED) is 0.219. The summed E-state index contributed by atoms with van der Waals surface area (Å²) in [4.78, 5) is 24.0. The predicted molar refractivity (Wildman–Crippen MR) is 148 cm³/mol. The van der Waals surface area contributed by atoms with E-state index in [0.717, 1.165) is 51.4 Å². The van der Waals surface area contributed by atoms with Crippen molar-refractivity contribution in [1.29, 1.82) is 0 Å². The van der Waals surface area contributed by atoms with Gasteiger partial charge in [0.05, 0.1) is 18.8 Å². The van der Waals surface area contributed by atoms with Gasteiger partial charge >= 0.3 is 11.9 Å². The molecule has 4 rings (SSSR count). The highest BCUT2D eigenvalue weighted by atomic mass is 19.3. The van der Waals surface area contributed by atoms with Gasteiger partial charge in [0.15, 0.2) is 6.17 Å². The van der Waals surface area contributed by atoms with Gasteiger partial charge in [-0.1, -0.05) is 20.8 Å². The normalized spacial score (nSPS) is 40.1. The fourth-order valence-electron chi connectivity index (χ4n) is 9.58. The summed E-state index contributed by atoms with van der Waals surface area (Å²) in [6.07, 6.45) is 6.00. The van der Waals surface area contributed by atoms with Crippen molar-refractivity contribution in [3.05, 3.63) is 0 Å². The van der Waals surface area contributed by atoms with Crippen LogP contribution < -0.4 is 0 Å². The SMILES string of the molecule is C[C@H](CCC(=O)OCCCC(=O)OCC(F)C(C)(F)F)[C@H]1CC[C@H]2[C@@H]3[C@H](O)C[C@@H]4C[C@H](O)CC[C@]4(C)[C@H]3CC[C@]12C. The van der Waals surface area contributed by atoms with Crippen LogP contribution >= 0.6 is 0 Å². The van der Waals surface area contributed by atoms with E-state index < -0.39 is 24.7 Å². The molecule has 0 aliphatic heterocycles. The molecule has 0 amide bonds. The number of hydrogen-bond donors (Lipinski definition) is 2. The van der Waals surface area contributed by atoms with Crippen molar-refractivity contribution in [1.82, 2.24) is 0 Å². The molecule has 4 aliphatic carbocycles. The molecule has 236 valence electrons. The molecule has 0 heterocycles. The summed E-state index contributed by atoms with van der Waals surface area (Å²) in [7, 11) is 0. The van der Waals surface area contributed by atoms with Gasteiger partial charge in [0, 0.05) is 19.8 Å². The van der Waals surface area contributed by atoms with Crippen LogP contribution in [0.3, 0.4) is 0 Å². The average molecular weight is 589 g/mol. The summed E-state index contributed by atoms with van der Waals surface area (Å²) in [5.41, 5.74) is 0.345. The van der Waals surface area contributed by atoms with Crippen molar-refractivity contribution in [3.63, 3.8) is 0 Å². The minimum Gasteiger partial charge on any atom is -0.466 e. The number of rotatable bonds is 11. The van der Waals surface area contributed by atoms with Crippen LogP contribution in [-0.2, 0) is 19.1 Å². The first-order valence-corrected chi connectivity index (χ1v) is 15.9. The van der Waals surface area contributed by atoms with Gasteiger partial charge in [0.2, 0.25) is 0 Å². The Bertz CT molecular complexity index is 926. The molecule has 0 saturated heterocycles. The zero-order valence-corrected chi connectivity index (χ0v) is 25.3. The van der Waals surface area contributed by atoms with Crippen LogP contribution in [0.2, 0.25) is 0 Å². The molecule has 0 radical (unpaired) electrons. The average Bonchev–Trinajstić information content (AvgIpc) is 3.26. The molecule has 4 fully saturated rings. The lowest BCUT2D eigenvalue weighted by Gasteiger charge is -2.62. The second-order valence-corrected chi connectivity index (χ2v) is 14.4. The number of carbonyl (C=O) groups is 2. The maximum Gasteiger partial charge on any atom is 0.306 e. The highest BCUT2D eigenvalue weighted by Crippen LogP contribution is 2.68. The Balaban J connectivity index is 1.22. The molecule has 1 unspecified atom stereocenters. The second kappa shape index (κ2) is 12.7. The number of hydrogen-bond acceptors (Lipinski definition) is 6. The van der Waals surface area contributed by atoms with Gasteiger partial charge in [-0.25, -0.2) is 13.2 Å². The van der Waals surface area contributed by atoms with E-state index in [1.165, 1.54) is 0 Å². The van der Waals surface area contributed by atoms with Crippen LogP contribution in [-0.4, -0.2) is 59.7 Å². The van der Waals surface area contributed by atoms with Crippen molar-refractivity contribution >= 4 is 11.9 Å². The highest BCUT2D eigenvalue weighted by Gasteiger charge is 2.62. The maximum atomic E-state index is 13.2. The van der Waals surface area contributed by atoms with Crippen LogP contribution in [0.5, 0.6) is 0 Å². The van der Waals surface area contributed by atoms with Crippen LogP contribution in [0.25, 0.3) is 0 Å². The first kappa shape index (κ1) is 32.6. The summed E-state index contributed by atoms with van der Waals surface area (Å²) in [6.45, 7) is 6.52. The van der Waals surface area contributed by atoms with E-state index in [1.807, 2.05) is 0 Å². The zero-order valence-electron chi connectivity index (χ0n) is 25.3. The van der Waals surface area contributed by atoms with Crippen LogP contribution in [0, 0.1) is 46.3 Å². The molecule has 0 aromatic heterocycles. The van der Waals surface area contributed by atoms with Gasteiger partial charge < -0.3 is 19.7 Å². The number of aliphatic hydroxyl groups is 2. The molecule has 9 heteroatoms. The second-order valence-electron chi connectivity index (χ2n) is 14.4. The third-order valence-corrected chi connectivity index (χ3v) is 11.9. The molecule has 4 aliphatic rings. The minimum atomic E-state index is -3.57. The fourth-order valence-corrected chi connectivity index (χ4v) is 9.58. The van der Waals surface area contributed by atoms with Crippen LogP contribution in [0.15, 0.2) is 0 Å². The van der Waals surface area contributed by atoms with Gasteiger partial charge in [0.1, 0.15) is 6.61 Å².